The van der Waals surface area contributed by atoms with E-state index in [4.69, 9.17) is 21.1 Å². The first-order valence-electron chi connectivity index (χ1n) is 12.4. The Morgan fingerprint density at radius 3 is 2.39 bits per heavy atom. The maximum absolute atomic E-state index is 13.5. The maximum atomic E-state index is 13.5. The molecule has 0 fully saturated rings. The van der Waals surface area contributed by atoms with Gasteiger partial charge in [0.15, 0.2) is 0 Å². The van der Waals surface area contributed by atoms with Crippen molar-refractivity contribution in [2.75, 3.05) is 19.1 Å². The van der Waals surface area contributed by atoms with Gasteiger partial charge in [-0.05, 0) is 59.1 Å². The number of anilines is 1. The van der Waals surface area contributed by atoms with Crippen LogP contribution in [0.2, 0.25) is 5.02 Å². The number of rotatable bonds is 7. The number of aryl methyl sites for hydroxylation is 1. The molecule has 1 amide bonds. The molecule has 6 heteroatoms. The predicted octanol–water partition coefficient (Wildman–Crippen LogP) is 7.35. The van der Waals surface area contributed by atoms with Gasteiger partial charge in [0.2, 0.25) is 5.91 Å². The highest BCUT2D eigenvalue weighted by atomic mass is 35.5. The summed E-state index contributed by atoms with van der Waals surface area (Å²) in [5, 5.41) is 0.749. The van der Waals surface area contributed by atoms with Gasteiger partial charge in [-0.2, -0.15) is 0 Å². The van der Waals surface area contributed by atoms with E-state index in [2.05, 4.69) is 53.7 Å². The zero-order valence-electron chi connectivity index (χ0n) is 22.7. The molecule has 0 aliphatic carbocycles. The molecule has 1 heterocycles. The summed E-state index contributed by atoms with van der Waals surface area (Å²) in [7, 11) is 2.82. The number of benzene rings is 2. The van der Waals surface area contributed by atoms with E-state index < -0.39 is 11.4 Å². The van der Waals surface area contributed by atoms with Gasteiger partial charge in [0.1, 0.15) is 11.3 Å². The Morgan fingerprint density at radius 2 is 1.83 bits per heavy atom. The van der Waals surface area contributed by atoms with Crippen LogP contribution in [0.1, 0.15) is 75.9 Å². The minimum atomic E-state index is -0.489. The number of halogens is 1. The summed E-state index contributed by atoms with van der Waals surface area (Å²) in [5.74, 6) is 0.0266. The summed E-state index contributed by atoms with van der Waals surface area (Å²) < 4.78 is 10.2. The second-order valence-electron chi connectivity index (χ2n) is 11.3. The first-order valence-corrected chi connectivity index (χ1v) is 12.8. The molecule has 194 valence electrons. The normalized spacial score (nSPS) is 18.3. The first kappa shape index (κ1) is 27.8. The van der Waals surface area contributed by atoms with Crippen LogP contribution < -0.4 is 9.64 Å². The van der Waals surface area contributed by atoms with Crippen LogP contribution >= 0.6 is 11.6 Å². The van der Waals surface area contributed by atoms with Gasteiger partial charge in [-0.1, -0.05) is 65.3 Å². The summed E-state index contributed by atoms with van der Waals surface area (Å²) in [6.45, 7) is 13.1. The lowest BCUT2D eigenvalue weighted by atomic mass is 9.68. The number of ether oxygens (including phenoxy) is 2. The zero-order valence-corrected chi connectivity index (χ0v) is 23.5. The minimum absolute atomic E-state index is 0.0392. The fourth-order valence-electron chi connectivity index (χ4n) is 4.83. The van der Waals surface area contributed by atoms with Crippen LogP contribution in [0.3, 0.4) is 0 Å². The van der Waals surface area contributed by atoms with Crippen molar-refractivity contribution in [1.29, 1.82) is 0 Å². The Labute approximate surface area is 220 Å². The van der Waals surface area contributed by atoms with Crippen molar-refractivity contribution in [3.05, 3.63) is 69.9 Å². The third-order valence-electron chi connectivity index (χ3n) is 7.00. The SMILES string of the molecule is COC(=O)c1ccc(N2C=C(C(C)C)[C@](C)(c3ccc(CCC(C)(C)C)c(Cl)c3)CC2=O)cc1OC. The van der Waals surface area contributed by atoms with Crippen LogP contribution in [0, 0.1) is 11.3 Å². The van der Waals surface area contributed by atoms with E-state index in [1.807, 2.05) is 12.3 Å². The maximum Gasteiger partial charge on any atom is 0.341 e. The summed E-state index contributed by atoms with van der Waals surface area (Å²) in [4.78, 5) is 27.2. The van der Waals surface area contributed by atoms with Crippen molar-refractivity contribution in [3.8, 4) is 5.75 Å². The van der Waals surface area contributed by atoms with E-state index in [1.54, 1.807) is 23.1 Å². The minimum Gasteiger partial charge on any atom is -0.496 e. The van der Waals surface area contributed by atoms with E-state index in [0.717, 1.165) is 34.6 Å². The largest absolute Gasteiger partial charge is 0.496 e. The molecule has 3 rings (SSSR count). The molecular weight excluding hydrogens is 474 g/mol. The van der Waals surface area contributed by atoms with Gasteiger partial charge in [0.05, 0.1) is 19.9 Å². The van der Waals surface area contributed by atoms with Crippen LogP contribution in [-0.4, -0.2) is 26.1 Å². The Kier molecular flexibility index (Phi) is 8.24. The van der Waals surface area contributed by atoms with Crippen molar-refractivity contribution in [3.63, 3.8) is 0 Å². The Bertz CT molecular complexity index is 1180. The van der Waals surface area contributed by atoms with Gasteiger partial charge < -0.3 is 9.47 Å². The lowest BCUT2D eigenvalue weighted by molar-refractivity contribution is -0.119. The Morgan fingerprint density at radius 1 is 1.14 bits per heavy atom. The molecule has 1 aliphatic rings. The Balaban J connectivity index is 2.01. The topological polar surface area (TPSA) is 55.8 Å². The molecule has 2 aromatic rings. The molecule has 0 radical (unpaired) electrons. The lowest BCUT2D eigenvalue weighted by Crippen LogP contribution is -2.42. The van der Waals surface area contributed by atoms with Crippen LogP contribution in [-0.2, 0) is 21.4 Å². The van der Waals surface area contributed by atoms with E-state index in [1.165, 1.54) is 14.2 Å². The number of allylic oxidation sites excluding steroid dienone is 1. The molecule has 0 bridgehead atoms. The first-order chi connectivity index (χ1) is 16.8. The number of carbonyl (C=O) groups excluding carboxylic acids is 2. The van der Waals surface area contributed by atoms with Crippen LogP contribution in [0.5, 0.6) is 5.75 Å². The van der Waals surface area contributed by atoms with Crippen LogP contribution in [0.4, 0.5) is 5.69 Å². The fourth-order valence-corrected chi connectivity index (χ4v) is 5.10. The lowest BCUT2D eigenvalue weighted by Gasteiger charge is -2.41. The number of methoxy groups -OCH3 is 2. The molecule has 0 unspecified atom stereocenters. The standard InChI is InChI=1S/C30H38ClNO4/c1-19(2)24-18-32(22-11-12-23(28(34)36-8)26(16-22)35-7)27(33)17-30(24,6)21-10-9-20(25(31)15-21)13-14-29(3,4)5/h9-12,15-16,18-19H,13-14,17H2,1-8H3/t30-/m0/s1. The van der Waals surface area contributed by atoms with E-state index in [-0.39, 0.29) is 17.2 Å². The second kappa shape index (κ2) is 10.7. The Hall–Kier alpha value is -2.79. The van der Waals surface area contributed by atoms with Gasteiger partial charge in [-0.25, -0.2) is 4.79 Å². The molecule has 0 aromatic heterocycles. The highest BCUT2D eigenvalue weighted by molar-refractivity contribution is 6.31. The number of carbonyl (C=O) groups is 2. The molecule has 0 N–H and O–H groups in total. The van der Waals surface area contributed by atoms with Gasteiger partial charge in [-0.15, -0.1) is 0 Å². The van der Waals surface area contributed by atoms with Crippen LogP contribution in [0.25, 0.3) is 0 Å². The van der Waals surface area contributed by atoms with Gasteiger partial charge in [0.25, 0.3) is 0 Å². The van der Waals surface area contributed by atoms with Crippen molar-refractivity contribution in [2.45, 2.75) is 66.2 Å². The summed E-state index contributed by atoms with van der Waals surface area (Å²) >= 11 is 6.75. The van der Waals surface area contributed by atoms with E-state index >= 15 is 0 Å². The molecule has 1 atom stereocenters. The third kappa shape index (κ3) is 5.78. The fraction of sp³-hybridized carbons (Fsp3) is 0.467. The van der Waals surface area contributed by atoms with Crippen LogP contribution in [0.15, 0.2) is 48.2 Å². The highest BCUT2D eigenvalue weighted by Crippen LogP contribution is 2.45. The number of hydrogen-bond acceptors (Lipinski definition) is 4. The smallest absolute Gasteiger partial charge is 0.341 e. The molecular formula is C30H38ClNO4. The second-order valence-corrected chi connectivity index (χ2v) is 11.7. The zero-order chi connectivity index (χ0) is 26.8. The third-order valence-corrected chi connectivity index (χ3v) is 7.36. The number of nitrogens with zero attached hydrogens (tertiary/aromatic N) is 1. The summed E-state index contributed by atoms with van der Waals surface area (Å²) in [6, 6.07) is 11.3. The quantitative estimate of drug-likeness (QED) is 0.365. The molecule has 5 nitrogen and oxygen atoms in total. The van der Waals surface area contributed by atoms with Crippen molar-refractivity contribution < 1.29 is 19.1 Å². The molecule has 2 aromatic carbocycles. The van der Waals surface area contributed by atoms with E-state index in [0.29, 0.717) is 23.4 Å². The summed E-state index contributed by atoms with van der Waals surface area (Å²) in [6.07, 6.45) is 4.20. The van der Waals surface area contributed by atoms with Crippen molar-refractivity contribution in [1.82, 2.24) is 0 Å². The average molecular weight is 512 g/mol. The monoisotopic (exact) mass is 511 g/mol. The molecule has 1 aliphatic heterocycles. The van der Waals surface area contributed by atoms with Gasteiger partial charge in [0, 0.05) is 29.1 Å². The summed E-state index contributed by atoms with van der Waals surface area (Å²) in [5.41, 5.74) is 4.01. The molecule has 36 heavy (non-hydrogen) atoms. The number of hydrogen-bond donors (Lipinski definition) is 0. The highest BCUT2D eigenvalue weighted by Gasteiger charge is 2.41. The van der Waals surface area contributed by atoms with Gasteiger partial charge in [-0.3, -0.25) is 9.69 Å². The molecule has 0 saturated heterocycles. The average Bonchev–Trinajstić information content (AvgIpc) is 2.81. The van der Waals surface area contributed by atoms with Gasteiger partial charge >= 0.3 is 5.97 Å². The molecule has 0 saturated carbocycles. The number of esters is 1. The number of amides is 1. The van der Waals surface area contributed by atoms with Crippen molar-refractivity contribution >= 4 is 29.2 Å². The predicted molar refractivity (Wildman–Crippen MR) is 146 cm³/mol. The van der Waals surface area contributed by atoms with Crippen molar-refractivity contribution in [2.24, 2.45) is 11.3 Å². The molecule has 0 spiro atoms. The van der Waals surface area contributed by atoms with E-state index in [9.17, 15) is 9.59 Å².